The number of hydrogen-bond acceptors (Lipinski definition) is 3. The third kappa shape index (κ3) is 1.65. The Morgan fingerprint density at radius 1 is 1.67 bits per heavy atom. The molecule has 1 aromatic rings. The maximum Gasteiger partial charge on any atom is 0.134 e. The summed E-state index contributed by atoms with van der Waals surface area (Å²) in [4.78, 5) is 0.972. The van der Waals surface area contributed by atoms with Gasteiger partial charge in [0.15, 0.2) is 0 Å². The Hall–Kier alpha value is -0.450. The molecule has 1 N–H and O–H groups in total. The van der Waals surface area contributed by atoms with Gasteiger partial charge in [0, 0.05) is 23.3 Å². The Morgan fingerprint density at radius 3 is 3.17 bits per heavy atom. The topological polar surface area (TPSA) is 21.3 Å². The second-order valence-electron chi connectivity index (χ2n) is 2.73. The van der Waals surface area contributed by atoms with Crippen LogP contribution in [0, 0.1) is 5.82 Å². The molecule has 1 aliphatic heterocycles. The zero-order valence-electron chi connectivity index (χ0n) is 6.55. The van der Waals surface area contributed by atoms with E-state index < -0.39 is 0 Å². The quantitative estimate of drug-likeness (QED) is 0.720. The molecule has 0 radical (unpaired) electrons. The Labute approximate surface area is 74.4 Å². The van der Waals surface area contributed by atoms with Gasteiger partial charge in [-0.3, -0.25) is 0 Å². The monoisotopic (exact) mass is 187 g/mol. The highest BCUT2D eigenvalue weighted by atomic mass is 32.1. The van der Waals surface area contributed by atoms with Gasteiger partial charge in [0.2, 0.25) is 0 Å². The van der Waals surface area contributed by atoms with E-state index >= 15 is 0 Å². The van der Waals surface area contributed by atoms with Crippen molar-refractivity contribution in [1.29, 1.82) is 0 Å². The number of nitrogens with one attached hydrogen (secondary N) is 1. The van der Waals surface area contributed by atoms with Crippen LogP contribution in [0.2, 0.25) is 0 Å². The van der Waals surface area contributed by atoms with Crippen LogP contribution in [-0.2, 0) is 4.74 Å². The minimum Gasteiger partial charge on any atom is -0.370 e. The van der Waals surface area contributed by atoms with Gasteiger partial charge in [-0.25, -0.2) is 4.39 Å². The average Bonchev–Trinajstić information content (AvgIpc) is 2.54. The normalized spacial score (nSPS) is 24.2. The lowest BCUT2D eigenvalue weighted by Crippen LogP contribution is -2.32. The predicted octanol–water partition coefficient (Wildman–Crippen LogP) is 1.55. The lowest BCUT2D eigenvalue weighted by molar-refractivity contribution is 0.0298. The van der Waals surface area contributed by atoms with E-state index in [1.807, 2.05) is 0 Å². The van der Waals surface area contributed by atoms with Gasteiger partial charge in [0.05, 0.1) is 6.61 Å². The smallest absolute Gasteiger partial charge is 0.134 e. The van der Waals surface area contributed by atoms with Crippen molar-refractivity contribution < 1.29 is 9.13 Å². The van der Waals surface area contributed by atoms with Crippen molar-refractivity contribution in [2.75, 3.05) is 19.7 Å². The molecule has 0 saturated carbocycles. The molecule has 1 aliphatic rings. The van der Waals surface area contributed by atoms with E-state index in [-0.39, 0.29) is 11.9 Å². The van der Waals surface area contributed by atoms with E-state index in [1.54, 1.807) is 6.07 Å². The molecule has 12 heavy (non-hydrogen) atoms. The average molecular weight is 187 g/mol. The minimum atomic E-state index is -0.163. The van der Waals surface area contributed by atoms with Crippen LogP contribution >= 0.6 is 11.3 Å². The lowest BCUT2D eigenvalue weighted by atomic mass is 10.2. The fraction of sp³-hybridized carbons (Fsp3) is 0.500. The molecule has 2 rings (SSSR count). The number of thiophene rings is 1. The van der Waals surface area contributed by atoms with Crippen LogP contribution in [0.25, 0.3) is 0 Å². The van der Waals surface area contributed by atoms with Crippen molar-refractivity contribution in [2.24, 2.45) is 0 Å². The van der Waals surface area contributed by atoms with Crippen molar-refractivity contribution in [3.05, 3.63) is 22.1 Å². The van der Waals surface area contributed by atoms with Gasteiger partial charge in [-0.05, 0) is 6.07 Å². The first-order valence-corrected chi connectivity index (χ1v) is 4.80. The zero-order valence-corrected chi connectivity index (χ0v) is 7.36. The molecule has 1 aromatic heterocycles. The SMILES string of the molecule is Fc1csc(C2CNCCO2)c1. The summed E-state index contributed by atoms with van der Waals surface area (Å²) >= 11 is 1.42. The number of ether oxygens (including phenoxy) is 1. The van der Waals surface area contributed by atoms with Crippen LogP contribution in [0.1, 0.15) is 11.0 Å². The molecule has 1 unspecified atom stereocenters. The first-order chi connectivity index (χ1) is 5.86. The summed E-state index contributed by atoms with van der Waals surface area (Å²) in [6, 6.07) is 1.54. The molecule has 0 spiro atoms. The molecule has 0 aromatic carbocycles. The number of rotatable bonds is 1. The molecule has 4 heteroatoms. The van der Waals surface area contributed by atoms with Crippen LogP contribution in [0.3, 0.4) is 0 Å². The molecule has 1 saturated heterocycles. The molecule has 2 heterocycles. The summed E-state index contributed by atoms with van der Waals surface area (Å²) in [5, 5.41) is 4.71. The van der Waals surface area contributed by atoms with Crippen LogP contribution in [0.15, 0.2) is 11.4 Å². The highest BCUT2D eigenvalue weighted by molar-refractivity contribution is 7.10. The molecule has 2 nitrogen and oxygen atoms in total. The van der Waals surface area contributed by atoms with Gasteiger partial charge >= 0.3 is 0 Å². The van der Waals surface area contributed by atoms with Crippen LogP contribution in [-0.4, -0.2) is 19.7 Å². The number of halogens is 1. The standard InChI is InChI=1S/C8H10FNOS/c9-6-3-8(12-5-6)7-4-10-1-2-11-7/h3,5,7,10H,1-2,4H2. The van der Waals surface area contributed by atoms with Gasteiger partial charge < -0.3 is 10.1 Å². The largest absolute Gasteiger partial charge is 0.370 e. The fourth-order valence-corrected chi connectivity index (χ4v) is 2.05. The first kappa shape index (κ1) is 8.16. The van der Waals surface area contributed by atoms with E-state index in [4.69, 9.17) is 4.74 Å². The maximum atomic E-state index is 12.6. The van der Waals surface area contributed by atoms with E-state index in [9.17, 15) is 4.39 Å². The summed E-state index contributed by atoms with van der Waals surface area (Å²) < 4.78 is 18.1. The van der Waals surface area contributed by atoms with Gasteiger partial charge in [-0.2, -0.15) is 0 Å². The van der Waals surface area contributed by atoms with Gasteiger partial charge in [0.25, 0.3) is 0 Å². The molecule has 1 fully saturated rings. The number of morpholine rings is 1. The maximum absolute atomic E-state index is 12.6. The first-order valence-electron chi connectivity index (χ1n) is 3.92. The van der Waals surface area contributed by atoms with E-state index in [1.165, 1.54) is 16.7 Å². The third-order valence-corrected chi connectivity index (χ3v) is 2.83. The van der Waals surface area contributed by atoms with Gasteiger partial charge in [0.1, 0.15) is 11.9 Å². The summed E-state index contributed by atoms with van der Waals surface area (Å²) in [7, 11) is 0. The van der Waals surface area contributed by atoms with Crippen molar-refractivity contribution in [3.8, 4) is 0 Å². The third-order valence-electron chi connectivity index (χ3n) is 1.83. The molecule has 0 bridgehead atoms. The Morgan fingerprint density at radius 2 is 2.58 bits per heavy atom. The van der Waals surface area contributed by atoms with Crippen molar-refractivity contribution in [2.45, 2.75) is 6.10 Å². The highest BCUT2D eigenvalue weighted by Crippen LogP contribution is 2.24. The van der Waals surface area contributed by atoms with Crippen LogP contribution < -0.4 is 5.32 Å². The minimum absolute atomic E-state index is 0.0493. The molecule has 66 valence electrons. The van der Waals surface area contributed by atoms with Gasteiger partial charge in [-0.1, -0.05) is 0 Å². The van der Waals surface area contributed by atoms with E-state index in [0.717, 1.165) is 18.0 Å². The fourth-order valence-electron chi connectivity index (χ4n) is 1.25. The molecular formula is C8H10FNOS. The summed E-state index contributed by atoms with van der Waals surface area (Å²) in [5.74, 6) is -0.163. The lowest BCUT2D eigenvalue weighted by Gasteiger charge is -2.22. The second-order valence-corrected chi connectivity index (χ2v) is 3.67. The van der Waals surface area contributed by atoms with E-state index in [0.29, 0.717) is 6.61 Å². The van der Waals surface area contributed by atoms with E-state index in [2.05, 4.69) is 5.32 Å². The van der Waals surface area contributed by atoms with Gasteiger partial charge in [-0.15, -0.1) is 11.3 Å². The zero-order chi connectivity index (χ0) is 8.39. The highest BCUT2D eigenvalue weighted by Gasteiger charge is 2.17. The molecule has 0 amide bonds. The van der Waals surface area contributed by atoms with Crippen molar-refractivity contribution in [1.82, 2.24) is 5.32 Å². The predicted molar refractivity (Wildman–Crippen MR) is 45.8 cm³/mol. The van der Waals surface area contributed by atoms with Crippen molar-refractivity contribution >= 4 is 11.3 Å². The molecular weight excluding hydrogens is 177 g/mol. The van der Waals surface area contributed by atoms with Crippen LogP contribution in [0.5, 0.6) is 0 Å². The van der Waals surface area contributed by atoms with Crippen molar-refractivity contribution in [3.63, 3.8) is 0 Å². The summed E-state index contributed by atoms with van der Waals surface area (Å²) in [6.45, 7) is 2.40. The second kappa shape index (κ2) is 3.51. The summed E-state index contributed by atoms with van der Waals surface area (Å²) in [5.41, 5.74) is 0. The molecule has 1 atom stereocenters. The Kier molecular flexibility index (Phi) is 2.39. The molecule has 0 aliphatic carbocycles. The van der Waals surface area contributed by atoms with Crippen LogP contribution in [0.4, 0.5) is 4.39 Å². The Bertz CT molecular complexity index is 257. The Balaban J connectivity index is 2.08. The number of hydrogen-bond donors (Lipinski definition) is 1. The summed E-state index contributed by atoms with van der Waals surface area (Å²) in [6.07, 6.45) is 0.0493.